The Balaban J connectivity index is 2.18. The summed E-state index contributed by atoms with van der Waals surface area (Å²) in [5, 5.41) is 0. The predicted molar refractivity (Wildman–Crippen MR) is 82.0 cm³/mol. The Labute approximate surface area is 122 Å². The molecular weight excluding hydrogens is 251 g/mol. The van der Waals surface area contributed by atoms with Crippen LogP contribution in [-0.4, -0.2) is 24.0 Å². The monoisotopic (exact) mass is 278 g/mol. The highest BCUT2D eigenvalue weighted by atomic mass is 19.1. The van der Waals surface area contributed by atoms with Crippen LogP contribution < -0.4 is 5.73 Å². The second-order valence-electron chi connectivity index (χ2n) is 6.17. The molecule has 1 aliphatic carbocycles. The van der Waals surface area contributed by atoms with Crippen LogP contribution in [-0.2, 0) is 0 Å². The molecule has 0 aliphatic heterocycles. The smallest absolute Gasteiger partial charge is 0.123 e. The summed E-state index contributed by atoms with van der Waals surface area (Å²) < 4.78 is 13.5. The molecule has 20 heavy (non-hydrogen) atoms. The van der Waals surface area contributed by atoms with Crippen molar-refractivity contribution in [1.82, 2.24) is 4.90 Å². The minimum absolute atomic E-state index is 0.00921. The van der Waals surface area contributed by atoms with Crippen LogP contribution in [0.4, 0.5) is 4.39 Å². The highest BCUT2D eigenvalue weighted by molar-refractivity contribution is 5.22. The zero-order valence-electron chi connectivity index (χ0n) is 12.7. The Hall–Kier alpha value is -0.930. The molecule has 0 bridgehead atoms. The fraction of sp³-hybridized carbons (Fsp3) is 0.647. The average molecular weight is 278 g/mol. The lowest BCUT2D eigenvalue weighted by atomic mass is 9.96. The van der Waals surface area contributed by atoms with E-state index >= 15 is 0 Å². The van der Waals surface area contributed by atoms with Gasteiger partial charge in [0, 0.05) is 18.1 Å². The van der Waals surface area contributed by atoms with E-state index in [1.807, 2.05) is 13.0 Å². The summed E-state index contributed by atoms with van der Waals surface area (Å²) in [5.41, 5.74) is 7.19. The predicted octanol–water partition coefficient (Wildman–Crippen LogP) is 3.87. The number of nitrogens with two attached hydrogens (primary N) is 1. The van der Waals surface area contributed by atoms with E-state index in [1.54, 1.807) is 12.1 Å². The Kier molecular flexibility index (Phi) is 5.55. The second kappa shape index (κ2) is 7.19. The largest absolute Gasteiger partial charge is 0.326 e. The lowest BCUT2D eigenvalue weighted by Gasteiger charge is -2.37. The molecule has 1 saturated carbocycles. The highest BCUT2D eigenvalue weighted by Gasteiger charge is 2.27. The second-order valence-corrected chi connectivity index (χ2v) is 6.17. The Morgan fingerprint density at radius 1 is 1.20 bits per heavy atom. The molecule has 0 heterocycles. The number of nitrogens with zero attached hydrogens (tertiary/aromatic N) is 1. The van der Waals surface area contributed by atoms with Gasteiger partial charge in [-0.15, -0.1) is 0 Å². The van der Waals surface area contributed by atoms with Gasteiger partial charge in [0.05, 0.1) is 0 Å². The molecule has 3 heteroatoms. The molecule has 112 valence electrons. The Bertz CT molecular complexity index is 411. The van der Waals surface area contributed by atoms with Crippen LogP contribution in [0, 0.1) is 5.82 Å². The van der Waals surface area contributed by atoms with Crippen LogP contribution in [0.5, 0.6) is 0 Å². The maximum Gasteiger partial charge on any atom is 0.123 e. The maximum atomic E-state index is 13.5. The van der Waals surface area contributed by atoms with Gasteiger partial charge in [-0.05, 0) is 44.5 Å². The van der Waals surface area contributed by atoms with Crippen LogP contribution in [0.1, 0.15) is 57.1 Å². The van der Waals surface area contributed by atoms with Crippen molar-refractivity contribution in [3.63, 3.8) is 0 Å². The summed E-state index contributed by atoms with van der Waals surface area (Å²) in [5.74, 6) is -0.178. The summed E-state index contributed by atoms with van der Waals surface area (Å²) in [4.78, 5) is 2.38. The van der Waals surface area contributed by atoms with Gasteiger partial charge in [-0.3, -0.25) is 4.90 Å². The summed E-state index contributed by atoms with van der Waals surface area (Å²) in [6.45, 7) is 2.02. The minimum atomic E-state index is -0.178. The highest BCUT2D eigenvalue weighted by Crippen LogP contribution is 2.30. The molecule has 1 aliphatic rings. The molecule has 1 aromatic rings. The van der Waals surface area contributed by atoms with Crippen molar-refractivity contribution < 1.29 is 4.39 Å². The number of likely N-dealkylation sites (N-methyl/N-ethyl adjacent to an activating group) is 1. The molecule has 1 fully saturated rings. The number of hydrogen-bond acceptors (Lipinski definition) is 2. The first kappa shape index (κ1) is 15.5. The van der Waals surface area contributed by atoms with E-state index in [0.29, 0.717) is 6.04 Å². The van der Waals surface area contributed by atoms with E-state index in [1.165, 1.54) is 44.6 Å². The van der Waals surface area contributed by atoms with Gasteiger partial charge in [0.2, 0.25) is 0 Å². The number of hydrogen-bond donors (Lipinski definition) is 1. The van der Waals surface area contributed by atoms with Crippen molar-refractivity contribution in [3.05, 3.63) is 35.6 Å². The molecule has 0 spiro atoms. The van der Waals surface area contributed by atoms with Crippen LogP contribution in [0.15, 0.2) is 24.3 Å². The van der Waals surface area contributed by atoms with E-state index in [2.05, 4.69) is 11.9 Å². The molecule has 0 radical (unpaired) electrons. The van der Waals surface area contributed by atoms with Crippen molar-refractivity contribution >= 4 is 0 Å². The lowest BCUT2D eigenvalue weighted by molar-refractivity contribution is 0.141. The van der Waals surface area contributed by atoms with Gasteiger partial charge in [0.1, 0.15) is 5.82 Å². The van der Waals surface area contributed by atoms with E-state index in [-0.39, 0.29) is 17.9 Å². The SMILES string of the molecule is CC(N)C(c1cccc(F)c1)N(C)C1CCCCCC1. The zero-order valence-corrected chi connectivity index (χ0v) is 12.7. The topological polar surface area (TPSA) is 29.3 Å². The first-order chi connectivity index (χ1) is 9.59. The number of rotatable bonds is 4. The molecule has 2 atom stereocenters. The summed E-state index contributed by atoms with van der Waals surface area (Å²) in [6, 6.07) is 7.54. The zero-order chi connectivity index (χ0) is 14.5. The Morgan fingerprint density at radius 2 is 1.85 bits per heavy atom. The molecule has 1 aromatic carbocycles. The van der Waals surface area contributed by atoms with Gasteiger partial charge in [-0.25, -0.2) is 4.39 Å². The molecule has 0 aromatic heterocycles. The molecule has 2 unspecified atom stereocenters. The van der Waals surface area contributed by atoms with E-state index in [9.17, 15) is 4.39 Å². The number of benzene rings is 1. The molecule has 0 amide bonds. The summed E-state index contributed by atoms with van der Waals surface area (Å²) >= 11 is 0. The van der Waals surface area contributed by atoms with Gasteiger partial charge in [0.25, 0.3) is 0 Å². The van der Waals surface area contributed by atoms with Crippen molar-refractivity contribution in [1.29, 1.82) is 0 Å². The van der Waals surface area contributed by atoms with Crippen LogP contribution in [0.2, 0.25) is 0 Å². The van der Waals surface area contributed by atoms with E-state index in [0.717, 1.165) is 5.56 Å². The van der Waals surface area contributed by atoms with Crippen molar-refractivity contribution in [2.45, 2.75) is 63.6 Å². The summed E-state index contributed by atoms with van der Waals surface area (Å²) in [7, 11) is 2.15. The fourth-order valence-electron chi connectivity index (χ4n) is 3.49. The first-order valence-electron chi connectivity index (χ1n) is 7.82. The molecule has 2 nitrogen and oxygen atoms in total. The van der Waals surface area contributed by atoms with Crippen molar-refractivity contribution in [3.8, 4) is 0 Å². The van der Waals surface area contributed by atoms with Crippen LogP contribution in [0.25, 0.3) is 0 Å². The van der Waals surface area contributed by atoms with Gasteiger partial charge >= 0.3 is 0 Å². The van der Waals surface area contributed by atoms with Crippen molar-refractivity contribution in [2.75, 3.05) is 7.05 Å². The number of halogens is 1. The molecule has 2 N–H and O–H groups in total. The van der Waals surface area contributed by atoms with Crippen LogP contribution >= 0.6 is 0 Å². The minimum Gasteiger partial charge on any atom is -0.326 e. The first-order valence-corrected chi connectivity index (χ1v) is 7.82. The van der Waals surface area contributed by atoms with Crippen molar-refractivity contribution in [2.24, 2.45) is 5.73 Å². The average Bonchev–Trinajstić information content (AvgIpc) is 2.67. The van der Waals surface area contributed by atoms with Gasteiger partial charge in [-0.2, -0.15) is 0 Å². The third-order valence-corrected chi connectivity index (χ3v) is 4.53. The summed E-state index contributed by atoms with van der Waals surface area (Å²) in [6.07, 6.45) is 7.73. The van der Waals surface area contributed by atoms with Gasteiger partial charge in [-0.1, -0.05) is 37.8 Å². The molecule has 0 saturated heterocycles. The van der Waals surface area contributed by atoms with E-state index < -0.39 is 0 Å². The third kappa shape index (κ3) is 3.80. The molecule has 2 rings (SSSR count). The van der Waals surface area contributed by atoms with Gasteiger partial charge < -0.3 is 5.73 Å². The van der Waals surface area contributed by atoms with Crippen LogP contribution in [0.3, 0.4) is 0 Å². The van der Waals surface area contributed by atoms with E-state index in [4.69, 9.17) is 5.73 Å². The van der Waals surface area contributed by atoms with Gasteiger partial charge in [0.15, 0.2) is 0 Å². The normalized spacial score (nSPS) is 20.6. The maximum absolute atomic E-state index is 13.5. The standard InChI is InChI=1S/C17H27FN2/c1-13(19)17(14-8-7-9-15(18)12-14)20(2)16-10-5-3-4-6-11-16/h7-9,12-13,16-17H,3-6,10-11,19H2,1-2H3. The molecular formula is C17H27FN2. The quantitative estimate of drug-likeness (QED) is 0.847. The fourth-order valence-corrected chi connectivity index (χ4v) is 3.49. The lowest BCUT2D eigenvalue weighted by Crippen LogP contribution is -2.42. The third-order valence-electron chi connectivity index (χ3n) is 4.53. The Morgan fingerprint density at radius 3 is 2.40 bits per heavy atom.